The summed E-state index contributed by atoms with van der Waals surface area (Å²) in [5.74, 6) is 2.30. The Kier molecular flexibility index (Phi) is 5.57. The highest BCUT2D eigenvalue weighted by molar-refractivity contribution is 6.08. The molecule has 8 nitrogen and oxygen atoms in total. The number of fused-ring (bicyclic) bond motifs is 1. The van der Waals surface area contributed by atoms with Gasteiger partial charge in [0.25, 0.3) is 0 Å². The maximum Gasteiger partial charge on any atom is 0.322 e. The number of aryl methyl sites for hydroxylation is 4. The smallest absolute Gasteiger partial charge is 0.322 e. The Hall–Kier alpha value is -4.84. The molecule has 2 N–H and O–H groups in total. The number of nitrogens with two attached hydrogens (primary N) is 1. The molecule has 0 saturated heterocycles. The molecule has 0 aliphatic rings. The molecule has 0 bridgehead atoms. The molecule has 0 atom stereocenters. The molecule has 36 heavy (non-hydrogen) atoms. The number of nitrogens with zero attached hydrogens (tertiary/aromatic N) is 6. The maximum absolute atomic E-state index is 15.3. The second-order valence-electron chi connectivity index (χ2n) is 8.40. The summed E-state index contributed by atoms with van der Waals surface area (Å²) >= 11 is 0. The van der Waals surface area contributed by atoms with Gasteiger partial charge in [0, 0.05) is 35.8 Å². The number of aromatic nitrogens is 6. The standard InChI is InChI=1S/C27H22FN7O/c1-6-18-11-14(2)21(16(4)34-18)24-22(23-25(29)31-13-32-26(23)35(24)5)17-7-8-20(19(28)12-17)36-27-30-10-9-15(3)33-27/h1,7-13H,2-5H3,(H2,29,31,32). The first-order valence-corrected chi connectivity index (χ1v) is 11.1. The molecule has 0 aliphatic carbocycles. The normalized spacial score (nSPS) is 11.0. The van der Waals surface area contributed by atoms with Gasteiger partial charge < -0.3 is 15.0 Å². The van der Waals surface area contributed by atoms with E-state index in [1.165, 1.54) is 12.4 Å². The molecule has 9 heteroatoms. The number of terminal acetylenes is 1. The zero-order valence-electron chi connectivity index (χ0n) is 20.2. The van der Waals surface area contributed by atoms with Gasteiger partial charge in [0.2, 0.25) is 0 Å². The first-order valence-electron chi connectivity index (χ1n) is 11.1. The van der Waals surface area contributed by atoms with Crippen molar-refractivity contribution in [3.05, 3.63) is 71.3 Å². The Labute approximate surface area is 207 Å². The molecule has 5 rings (SSSR count). The van der Waals surface area contributed by atoms with Crippen molar-refractivity contribution in [3.63, 3.8) is 0 Å². The SMILES string of the molecule is C#Cc1cc(C)c(-c2c(-c3ccc(Oc4nccc(C)n4)c(F)c3)c3c(N)ncnc3n2C)c(C)n1. The van der Waals surface area contributed by atoms with Gasteiger partial charge >= 0.3 is 6.01 Å². The number of halogens is 1. The molecule has 178 valence electrons. The number of hydrogen-bond acceptors (Lipinski definition) is 7. The van der Waals surface area contributed by atoms with Gasteiger partial charge in [0.1, 0.15) is 23.5 Å². The summed E-state index contributed by atoms with van der Waals surface area (Å²) in [6, 6.07) is 8.33. The summed E-state index contributed by atoms with van der Waals surface area (Å²) < 4.78 is 22.8. The molecule has 0 amide bonds. The third kappa shape index (κ3) is 3.79. The Morgan fingerprint density at radius 1 is 1.03 bits per heavy atom. The predicted molar refractivity (Wildman–Crippen MR) is 136 cm³/mol. The van der Waals surface area contributed by atoms with E-state index >= 15 is 4.39 Å². The van der Waals surface area contributed by atoms with E-state index in [0.29, 0.717) is 33.5 Å². The minimum atomic E-state index is -0.578. The molecule has 0 aliphatic heterocycles. The highest BCUT2D eigenvalue weighted by atomic mass is 19.1. The summed E-state index contributed by atoms with van der Waals surface area (Å²) in [6.07, 6.45) is 8.55. The van der Waals surface area contributed by atoms with E-state index in [0.717, 1.165) is 22.5 Å². The summed E-state index contributed by atoms with van der Waals surface area (Å²) in [5.41, 5.74) is 12.7. The van der Waals surface area contributed by atoms with E-state index in [9.17, 15) is 0 Å². The maximum atomic E-state index is 15.3. The lowest BCUT2D eigenvalue weighted by Crippen LogP contribution is -2.01. The van der Waals surface area contributed by atoms with Gasteiger partial charge in [-0.15, -0.1) is 6.42 Å². The van der Waals surface area contributed by atoms with Crippen LogP contribution in [0.1, 0.15) is 22.6 Å². The Bertz CT molecular complexity index is 1680. The van der Waals surface area contributed by atoms with Gasteiger partial charge in [-0.3, -0.25) is 0 Å². The fourth-order valence-corrected chi connectivity index (χ4v) is 4.43. The number of anilines is 1. The molecule has 0 radical (unpaired) electrons. The zero-order chi connectivity index (χ0) is 25.6. The largest absolute Gasteiger partial charge is 0.421 e. The van der Waals surface area contributed by atoms with Crippen molar-refractivity contribution in [3.8, 4) is 46.5 Å². The van der Waals surface area contributed by atoms with Crippen LogP contribution in [0.3, 0.4) is 0 Å². The lowest BCUT2D eigenvalue weighted by molar-refractivity contribution is 0.410. The Balaban J connectivity index is 1.74. The lowest BCUT2D eigenvalue weighted by atomic mass is 9.95. The molecule has 1 aromatic carbocycles. The van der Waals surface area contributed by atoms with Crippen LogP contribution >= 0.6 is 0 Å². The van der Waals surface area contributed by atoms with Gasteiger partial charge in [0.15, 0.2) is 11.6 Å². The van der Waals surface area contributed by atoms with Gasteiger partial charge in [-0.25, -0.2) is 29.3 Å². The van der Waals surface area contributed by atoms with Crippen molar-refractivity contribution >= 4 is 16.9 Å². The molecular formula is C27H22FN7O. The Morgan fingerprint density at radius 3 is 2.53 bits per heavy atom. The Morgan fingerprint density at radius 2 is 1.83 bits per heavy atom. The van der Waals surface area contributed by atoms with E-state index in [1.807, 2.05) is 31.5 Å². The van der Waals surface area contributed by atoms with Crippen molar-refractivity contribution in [2.45, 2.75) is 20.8 Å². The molecule has 0 spiro atoms. The molecular weight excluding hydrogens is 457 g/mol. The number of rotatable bonds is 4. The van der Waals surface area contributed by atoms with E-state index in [1.54, 1.807) is 31.3 Å². The lowest BCUT2D eigenvalue weighted by Gasteiger charge is -2.15. The first kappa shape index (κ1) is 22.9. The number of hydrogen-bond donors (Lipinski definition) is 1. The van der Waals surface area contributed by atoms with Crippen LogP contribution in [-0.4, -0.2) is 29.5 Å². The van der Waals surface area contributed by atoms with Crippen LogP contribution in [0, 0.1) is 38.9 Å². The van der Waals surface area contributed by atoms with Crippen LogP contribution < -0.4 is 10.5 Å². The highest BCUT2D eigenvalue weighted by Gasteiger charge is 2.25. The van der Waals surface area contributed by atoms with Crippen molar-refractivity contribution in [1.29, 1.82) is 0 Å². The van der Waals surface area contributed by atoms with Crippen LogP contribution in [-0.2, 0) is 7.05 Å². The van der Waals surface area contributed by atoms with Crippen LogP contribution in [0.15, 0.2) is 42.9 Å². The molecule has 0 fully saturated rings. The van der Waals surface area contributed by atoms with Crippen molar-refractivity contribution in [2.75, 3.05) is 5.73 Å². The van der Waals surface area contributed by atoms with Crippen LogP contribution in [0.5, 0.6) is 11.8 Å². The quantitative estimate of drug-likeness (QED) is 0.365. The first-order chi connectivity index (χ1) is 17.3. The van der Waals surface area contributed by atoms with Crippen molar-refractivity contribution in [1.82, 2.24) is 29.5 Å². The summed E-state index contributed by atoms with van der Waals surface area (Å²) in [5, 5.41) is 0.616. The topological polar surface area (TPSA) is 105 Å². The van der Waals surface area contributed by atoms with Gasteiger partial charge in [-0.05, 0) is 56.2 Å². The van der Waals surface area contributed by atoms with Gasteiger partial charge in [-0.2, -0.15) is 0 Å². The molecule has 4 aromatic heterocycles. The molecule has 0 saturated carbocycles. The molecule has 5 aromatic rings. The van der Waals surface area contributed by atoms with Gasteiger partial charge in [-0.1, -0.05) is 12.0 Å². The highest BCUT2D eigenvalue weighted by Crippen LogP contribution is 2.44. The minimum absolute atomic E-state index is 0.00256. The van der Waals surface area contributed by atoms with E-state index in [-0.39, 0.29) is 17.6 Å². The summed E-state index contributed by atoms with van der Waals surface area (Å²) in [6.45, 7) is 5.65. The number of benzene rings is 1. The fourth-order valence-electron chi connectivity index (χ4n) is 4.43. The third-order valence-electron chi connectivity index (χ3n) is 5.97. The zero-order valence-corrected chi connectivity index (χ0v) is 20.2. The number of ether oxygens (including phenoxy) is 1. The average Bonchev–Trinajstić information content (AvgIpc) is 3.13. The van der Waals surface area contributed by atoms with Crippen molar-refractivity contribution < 1.29 is 9.13 Å². The van der Waals surface area contributed by atoms with Gasteiger partial charge in [0.05, 0.1) is 11.1 Å². The third-order valence-corrected chi connectivity index (χ3v) is 5.97. The predicted octanol–water partition coefficient (Wildman–Crippen LogP) is 4.91. The van der Waals surface area contributed by atoms with E-state index in [2.05, 4.69) is 30.8 Å². The number of nitrogen functional groups attached to an aromatic ring is 1. The average molecular weight is 480 g/mol. The monoisotopic (exact) mass is 479 g/mol. The molecule has 4 heterocycles. The van der Waals surface area contributed by atoms with Crippen LogP contribution in [0.4, 0.5) is 10.2 Å². The summed E-state index contributed by atoms with van der Waals surface area (Å²) in [4.78, 5) is 21.4. The van der Waals surface area contributed by atoms with E-state index < -0.39 is 5.82 Å². The van der Waals surface area contributed by atoms with Crippen LogP contribution in [0.25, 0.3) is 33.4 Å². The second-order valence-corrected chi connectivity index (χ2v) is 8.40. The van der Waals surface area contributed by atoms with E-state index in [4.69, 9.17) is 16.9 Å². The fraction of sp³-hybridized carbons (Fsp3) is 0.148. The summed E-state index contributed by atoms with van der Waals surface area (Å²) in [7, 11) is 1.88. The minimum Gasteiger partial charge on any atom is -0.421 e. The van der Waals surface area contributed by atoms with Crippen LogP contribution in [0.2, 0.25) is 0 Å². The second kappa shape index (κ2) is 8.74. The molecule has 0 unspecified atom stereocenters. The number of pyridine rings is 1. The van der Waals surface area contributed by atoms with Crippen molar-refractivity contribution in [2.24, 2.45) is 7.05 Å².